The number of fused-ring (bicyclic) bond motifs is 3. The van der Waals surface area contributed by atoms with Gasteiger partial charge in [-0.05, 0) is 31.5 Å². The number of nitrogens with one attached hydrogen (secondary N) is 1. The van der Waals surface area contributed by atoms with E-state index in [0.717, 1.165) is 58.9 Å². The van der Waals surface area contributed by atoms with Crippen molar-refractivity contribution in [3.05, 3.63) is 69.8 Å². The lowest BCUT2D eigenvalue weighted by molar-refractivity contribution is 0.0954. The largest absolute Gasteiger partial charge is 0.352 e. The molecule has 146 valence electrons. The molecule has 0 radical (unpaired) electrons. The van der Waals surface area contributed by atoms with Gasteiger partial charge in [-0.25, -0.2) is 9.97 Å². The average molecular weight is 403 g/mol. The van der Waals surface area contributed by atoms with E-state index in [1.54, 1.807) is 11.3 Å². The number of benzene rings is 2. The molecule has 0 aliphatic carbocycles. The summed E-state index contributed by atoms with van der Waals surface area (Å²) < 4.78 is 2.23. The molecule has 1 aliphatic heterocycles. The Labute approximate surface area is 173 Å². The zero-order chi connectivity index (χ0) is 19.8. The van der Waals surface area contributed by atoms with E-state index in [1.807, 2.05) is 36.4 Å². The van der Waals surface area contributed by atoms with Gasteiger partial charge in [-0.2, -0.15) is 0 Å². The fourth-order valence-corrected chi connectivity index (χ4v) is 4.91. The van der Waals surface area contributed by atoms with Crippen LogP contribution in [0.3, 0.4) is 0 Å². The molecule has 0 bridgehead atoms. The molecular formula is C23H22N4OS. The lowest BCUT2D eigenvalue weighted by Crippen LogP contribution is -2.25. The van der Waals surface area contributed by atoms with E-state index in [9.17, 15) is 4.79 Å². The van der Waals surface area contributed by atoms with Gasteiger partial charge in [0.05, 0.1) is 21.7 Å². The first-order chi connectivity index (χ1) is 14.2. The highest BCUT2D eigenvalue weighted by Gasteiger charge is 2.17. The predicted molar refractivity (Wildman–Crippen MR) is 116 cm³/mol. The molecular weight excluding hydrogens is 380 g/mol. The second kappa shape index (κ2) is 7.44. The average Bonchev–Trinajstić information content (AvgIpc) is 3.42. The Morgan fingerprint density at radius 1 is 1.17 bits per heavy atom. The Kier molecular flexibility index (Phi) is 4.64. The molecule has 0 saturated carbocycles. The van der Waals surface area contributed by atoms with Crippen LogP contribution in [-0.4, -0.2) is 27.0 Å². The van der Waals surface area contributed by atoms with Gasteiger partial charge < -0.3 is 9.88 Å². The Morgan fingerprint density at radius 2 is 2.03 bits per heavy atom. The molecule has 2 aromatic heterocycles. The first kappa shape index (κ1) is 18.1. The molecule has 6 heteroatoms. The minimum absolute atomic E-state index is 0.0444. The normalized spacial score (nSPS) is 13.0. The number of imidazole rings is 1. The Morgan fingerprint density at radius 3 is 2.90 bits per heavy atom. The molecule has 5 nitrogen and oxygen atoms in total. The number of carbonyl (C=O) groups is 1. The molecule has 0 unspecified atom stereocenters. The molecule has 1 aliphatic rings. The maximum absolute atomic E-state index is 12.6. The number of amides is 1. The molecule has 29 heavy (non-hydrogen) atoms. The maximum Gasteiger partial charge on any atom is 0.251 e. The predicted octanol–water partition coefficient (Wildman–Crippen LogP) is 4.39. The lowest BCUT2D eigenvalue weighted by atomic mass is 10.1. The smallest absolute Gasteiger partial charge is 0.251 e. The Bertz CT molecular complexity index is 1190. The van der Waals surface area contributed by atoms with Gasteiger partial charge in [0.25, 0.3) is 5.91 Å². The van der Waals surface area contributed by atoms with Crippen LogP contribution < -0.4 is 5.32 Å². The summed E-state index contributed by atoms with van der Waals surface area (Å²) in [5.41, 5.74) is 4.90. The third kappa shape index (κ3) is 3.44. The number of aromatic nitrogens is 3. The molecule has 3 heterocycles. The van der Waals surface area contributed by atoms with Crippen molar-refractivity contribution in [1.82, 2.24) is 19.9 Å². The highest BCUT2D eigenvalue weighted by Crippen LogP contribution is 2.27. The van der Waals surface area contributed by atoms with E-state index in [4.69, 9.17) is 4.98 Å². The third-order valence-electron chi connectivity index (χ3n) is 5.38. The Balaban J connectivity index is 1.25. The van der Waals surface area contributed by atoms with Crippen molar-refractivity contribution in [2.75, 3.05) is 6.54 Å². The molecule has 5 rings (SSSR count). The number of nitrogens with zero attached hydrogens (tertiary/aromatic N) is 3. The van der Waals surface area contributed by atoms with Crippen LogP contribution in [0.25, 0.3) is 22.3 Å². The van der Waals surface area contributed by atoms with Gasteiger partial charge in [0, 0.05) is 41.9 Å². The van der Waals surface area contributed by atoms with Gasteiger partial charge in [-0.3, -0.25) is 4.79 Å². The summed E-state index contributed by atoms with van der Waals surface area (Å²) >= 11 is 1.70. The van der Waals surface area contributed by atoms with Crippen molar-refractivity contribution in [2.24, 2.45) is 0 Å². The van der Waals surface area contributed by atoms with Crippen LogP contribution in [-0.2, 0) is 19.4 Å². The first-order valence-corrected chi connectivity index (χ1v) is 10.8. The summed E-state index contributed by atoms with van der Waals surface area (Å²) in [5, 5.41) is 4.09. The van der Waals surface area contributed by atoms with E-state index >= 15 is 0 Å². The first-order valence-electron chi connectivity index (χ1n) is 9.98. The van der Waals surface area contributed by atoms with Gasteiger partial charge in [0.15, 0.2) is 0 Å². The topological polar surface area (TPSA) is 59.8 Å². The summed E-state index contributed by atoms with van der Waals surface area (Å²) in [6.07, 6.45) is 2.88. The summed E-state index contributed by atoms with van der Waals surface area (Å²) in [6, 6.07) is 16.0. The van der Waals surface area contributed by atoms with Crippen LogP contribution in [0.4, 0.5) is 0 Å². The SMILES string of the molecule is Cc1sc(CCNC(=O)c2ccc3nc4n(c3c2)CCC4)nc1-c1ccccc1. The van der Waals surface area contributed by atoms with Crippen LogP contribution >= 0.6 is 11.3 Å². The number of carbonyl (C=O) groups excluding carboxylic acids is 1. The number of thiazole rings is 1. The molecule has 2 aromatic carbocycles. The number of hydrogen-bond donors (Lipinski definition) is 1. The maximum atomic E-state index is 12.6. The minimum atomic E-state index is -0.0444. The van der Waals surface area contributed by atoms with Gasteiger partial charge >= 0.3 is 0 Å². The second-order valence-electron chi connectivity index (χ2n) is 7.37. The fraction of sp³-hybridized carbons (Fsp3) is 0.261. The number of hydrogen-bond acceptors (Lipinski definition) is 4. The summed E-state index contributed by atoms with van der Waals surface area (Å²) in [6.45, 7) is 3.66. The Hall–Kier alpha value is -2.99. The quantitative estimate of drug-likeness (QED) is 0.539. The summed E-state index contributed by atoms with van der Waals surface area (Å²) in [7, 11) is 0. The van der Waals surface area contributed by atoms with E-state index in [2.05, 4.69) is 33.9 Å². The fourth-order valence-electron chi connectivity index (χ4n) is 3.96. The zero-order valence-corrected chi connectivity index (χ0v) is 17.1. The third-order valence-corrected chi connectivity index (χ3v) is 6.41. The van der Waals surface area contributed by atoms with Crippen molar-refractivity contribution >= 4 is 28.3 Å². The molecule has 4 aromatic rings. The van der Waals surface area contributed by atoms with Crippen LogP contribution in [0.5, 0.6) is 0 Å². The van der Waals surface area contributed by atoms with E-state index < -0.39 is 0 Å². The van der Waals surface area contributed by atoms with Crippen molar-refractivity contribution < 1.29 is 4.79 Å². The van der Waals surface area contributed by atoms with Gasteiger partial charge in [-0.1, -0.05) is 30.3 Å². The van der Waals surface area contributed by atoms with Crippen molar-refractivity contribution in [3.63, 3.8) is 0 Å². The molecule has 1 amide bonds. The molecule has 0 atom stereocenters. The molecule has 1 N–H and O–H groups in total. The minimum Gasteiger partial charge on any atom is -0.352 e. The lowest BCUT2D eigenvalue weighted by Gasteiger charge is -2.05. The molecule has 0 spiro atoms. The van der Waals surface area contributed by atoms with Crippen LogP contribution in [0.15, 0.2) is 48.5 Å². The van der Waals surface area contributed by atoms with Crippen LogP contribution in [0.1, 0.15) is 32.5 Å². The van der Waals surface area contributed by atoms with E-state index in [1.165, 1.54) is 4.88 Å². The van der Waals surface area contributed by atoms with Crippen molar-refractivity contribution in [1.29, 1.82) is 0 Å². The summed E-state index contributed by atoms with van der Waals surface area (Å²) in [5.74, 6) is 1.09. The van der Waals surface area contributed by atoms with Crippen molar-refractivity contribution in [2.45, 2.75) is 32.7 Å². The zero-order valence-electron chi connectivity index (χ0n) is 16.3. The highest BCUT2D eigenvalue weighted by molar-refractivity contribution is 7.12. The van der Waals surface area contributed by atoms with Crippen LogP contribution in [0, 0.1) is 6.92 Å². The standard InChI is InChI=1S/C23H22N4OS/c1-15-22(16-6-3-2-4-7-16)26-21(29-15)11-12-24-23(28)17-9-10-18-19(14-17)27-13-5-8-20(27)25-18/h2-4,6-7,9-10,14H,5,8,11-13H2,1H3,(H,24,28). The monoisotopic (exact) mass is 402 g/mol. The van der Waals surface area contributed by atoms with Gasteiger partial charge in [0.2, 0.25) is 0 Å². The van der Waals surface area contributed by atoms with Gasteiger partial charge in [0.1, 0.15) is 5.82 Å². The van der Waals surface area contributed by atoms with Crippen molar-refractivity contribution in [3.8, 4) is 11.3 Å². The number of rotatable bonds is 5. The highest BCUT2D eigenvalue weighted by atomic mass is 32.1. The van der Waals surface area contributed by atoms with Gasteiger partial charge in [-0.15, -0.1) is 11.3 Å². The number of aryl methyl sites for hydroxylation is 3. The van der Waals surface area contributed by atoms with E-state index in [0.29, 0.717) is 12.1 Å². The molecule has 0 fully saturated rings. The second-order valence-corrected chi connectivity index (χ2v) is 8.66. The summed E-state index contributed by atoms with van der Waals surface area (Å²) in [4.78, 5) is 23.3. The van der Waals surface area contributed by atoms with Crippen LogP contribution in [0.2, 0.25) is 0 Å². The molecule has 0 saturated heterocycles. The van der Waals surface area contributed by atoms with E-state index in [-0.39, 0.29) is 5.91 Å².